The van der Waals surface area contributed by atoms with E-state index < -0.39 is 24.1 Å². The van der Waals surface area contributed by atoms with Crippen molar-refractivity contribution in [2.75, 3.05) is 13.7 Å². The Labute approximate surface area is 117 Å². The fraction of sp³-hybridized carbons (Fsp3) is 0.467. The molecule has 1 aliphatic rings. The molecule has 2 rings (SSSR count). The molecule has 1 saturated heterocycles. The number of benzene rings is 1. The first kappa shape index (κ1) is 14.5. The normalized spacial score (nSPS) is 27.8. The van der Waals surface area contributed by atoms with Crippen molar-refractivity contribution in [2.45, 2.75) is 31.5 Å². The van der Waals surface area contributed by atoms with Crippen molar-refractivity contribution < 1.29 is 23.8 Å². The van der Waals surface area contributed by atoms with Crippen molar-refractivity contribution in [2.24, 2.45) is 0 Å². The molecule has 3 atom stereocenters. The van der Waals surface area contributed by atoms with Crippen molar-refractivity contribution in [3.63, 3.8) is 0 Å². The standard InChI is InChI=1S/C15H18O5/c1-10-14(18-2)13(11-6-4-3-5-7-11)15(17)19-9-8-12(16)20-10/h3-7,10,13-14H,8-9H2,1-2H3/t10-,13+,14-/m0/s1. The summed E-state index contributed by atoms with van der Waals surface area (Å²) in [6.07, 6.45) is -1.04. The lowest BCUT2D eigenvalue weighted by atomic mass is 9.90. The van der Waals surface area contributed by atoms with Crippen molar-refractivity contribution in [1.29, 1.82) is 0 Å². The number of hydrogen-bond acceptors (Lipinski definition) is 5. The molecule has 0 spiro atoms. The molecule has 1 fully saturated rings. The largest absolute Gasteiger partial charge is 0.465 e. The molecule has 0 unspecified atom stereocenters. The molecule has 0 bridgehead atoms. The average molecular weight is 278 g/mol. The van der Waals surface area contributed by atoms with Crippen molar-refractivity contribution in [3.05, 3.63) is 35.9 Å². The smallest absolute Gasteiger partial charge is 0.316 e. The van der Waals surface area contributed by atoms with E-state index in [9.17, 15) is 9.59 Å². The number of cyclic esters (lactones) is 2. The Kier molecular flexibility index (Phi) is 4.74. The zero-order valence-electron chi connectivity index (χ0n) is 11.6. The quantitative estimate of drug-likeness (QED) is 0.770. The van der Waals surface area contributed by atoms with Crippen LogP contribution in [0.5, 0.6) is 0 Å². The van der Waals surface area contributed by atoms with Gasteiger partial charge in [-0.05, 0) is 12.5 Å². The van der Waals surface area contributed by atoms with Crippen LogP contribution in [0.15, 0.2) is 30.3 Å². The highest BCUT2D eigenvalue weighted by Gasteiger charge is 2.38. The summed E-state index contributed by atoms with van der Waals surface area (Å²) in [5.41, 5.74) is 0.786. The third-order valence-corrected chi connectivity index (χ3v) is 3.34. The van der Waals surface area contributed by atoms with E-state index in [2.05, 4.69) is 0 Å². The molecule has 5 heteroatoms. The number of carbonyl (C=O) groups is 2. The highest BCUT2D eigenvalue weighted by atomic mass is 16.6. The van der Waals surface area contributed by atoms with Gasteiger partial charge in [0.25, 0.3) is 0 Å². The summed E-state index contributed by atoms with van der Waals surface area (Å²) in [5, 5.41) is 0. The molecule has 0 amide bonds. The number of methoxy groups -OCH3 is 1. The van der Waals surface area contributed by atoms with Crippen LogP contribution in [0.4, 0.5) is 0 Å². The maximum atomic E-state index is 12.3. The van der Waals surface area contributed by atoms with Gasteiger partial charge in [-0.2, -0.15) is 0 Å². The summed E-state index contributed by atoms with van der Waals surface area (Å²) in [6, 6.07) is 9.24. The lowest BCUT2D eigenvalue weighted by molar-refractivity contribution is -0.156. The van der Waals surface area contributed by atoms with Gasteiger partial charge in [0.15, 0.2) is 0 Å². The number of carbonyl (C=O) groups excluding carboxylic acids is 2. The second-order valence-electron chi connectivity index (χ2n) is 4.70. The van der Waals surface area contributed by atoms with E-state index in [1.54, 1.807) is 6.92 Å². The molecule has 108 valence electrons. The molecule has 1 aromatic carbocycles. The molecule has 0 N–H and O–H groups in total. The van der Waals surface area contributed by atoms with Crippen molar-refractivity contribution in [3.8, 4) is 0 Å². The summed E-state index contributed by atoms with van der Waals surface area (Å²) in [7, 11) is 1.50. The third kappa shape index (κ3) is 3.17. The molecule has 0 saturated carbocycles. The molecule has 1 heterocycles. The second-order valence-corrected chi connectivity index (χ2v) is 4.70. The molecule has 0 aromatic heterocycles. The van der Waals surface area contributed by atoms with Gasteiger partial charge in [-0.25, -0.2) is 0 Å². The number of ether oxygens (including phenoxy) is 3. The topological polar surface area (TPSA) is 61.8 Å². The van der Waals surface area contributed by atoms with Crippen LogP contribution < -0.4 is 0 Å². The Bertz CT molecular complexity index is 470. The van der Waals surface area contributed by atoms with Crippen LogP contribution in [0, 0.1) is 0 Å². The molecule has 20 heavy (non-hydrogen) atoms. The van der Waals surface area contributed by atoms with Gasteiger partial charge in [-0.1, -0.05) is 30.3 Å². The zero-order chi connectivity index (χ0) is 14.5. The van der Waals surface area contributed by atoms with E-state index in [4.69, 9.17) is 14.2 Å². The fourth-order valence-electron chi connectivity index (χ4n) is 2.38. The maximum Gasteiger partial charge on any atom is 0.316 e. The van der Waals surface area contributed by atoms with Crippen LogP contribution in [0.1, 0.15) is 24.8 Å². The fourth-order valence-corrected chi connectivity index (χ4v) is 2.38. The van der Waals surface area contributed by atoms with E-state index in [0.717, 1.165) is 5.56 Å². The van der Waals surface area contributed by atoms with Gasteiger partial charge < -0.3 is 14.2 Å². The van der Waals surface area contributed by atoms with Gasteiger partial charge in [0.2, 0.25) is 0 Å². The molecule has 5 nitrogen and oxygen atoms in total. The highest BCUT2D eigenvalue weighted by Crippen LogP contribution is 2.28. The molecule has 0 aliphatic carbocycles. The van der Waals surface area contributed by atoms with Gasteiger partial charge in [0.1, 0.15) is 24.7 Å². The third-order valence-electron chi connectivity index (χ3n) is 3.34. The second kappa shape index (κ2) is 6.52. The van der Waals surface area contributed by atoms with E-state index in [1.165, 1.54) is 7.11 Å². The predicted molar refractivity (Wildman–Crippen MR) is 71.1 cm³/mol. The monoisotopic (exact) mass is 278 g/mol. The molecule has 1 aliphatic heterocycles. The summed E-state index contributed by atoms with van der Waals surface area (Å²) in [5.74, 6) is -1.39. The maximum absolute atomic E-state index is 12.3. The van der Waals surface area contributed by atoms with Crippen molar-refractivity contribution in [1.82, 2.24) is 0 Å². The predicted octanol–water partition coefficient (Wildman–Crippen LogP) is 1.66. The zero-order valence-corrected chi connectivity index (χ0v) is 11.6. The van der Waals surface area contributed by atoms with Gasteiger partial charge in [-0.15, -0.1) is 0 Å². The number of esters is 2. The minimum absolute atomic E-state index is 0.0319. The summed E-state index contributed by atoms with van der Waals surface area (Å²) >= 11 is 0. The van der Waals surface area contributed by atoms with Gasteiger partial charge in [-0.3, -0.25) is 9.59 Å². The summed E-state index contributed by atoms with van der Waals surface area (Å²) < 4.78 is 15.8. The molecular formula is C15H18O5. The van der Waals surface area contributed by atoms with Crippen LogP contribution in [-0.2, 0) is 23.8 Å². The minimum Gasteiger partial charge on any atom is -0.465 e. The van der Waals surface area contributed by atoms with E-state index in [0.29, 0.717) is 0 Å². The number of rotatable bonds is 2. The van der Waals surface area contributed by atoms with Crippen LogP contribution in [0.3, 0.4) is 0 Å². The van der Waals surface area contributed by atoms with Gasteiger partial charge >= 0.3 is 11.9 Å². The lowest BCUT2D eigenvalue weighted by Crippen LogP contribution is -2.38. The number of hydrogen-bond donors (Lipinski definition) is 0. The Hall–Kier alpha value is -1.88. The Balaban J connectivity index is 2.36. The Morgan fingerprint density at radius 1 is 1.20 bits per heavy atom. The first-order valence-corrected chi connectivity index (χ1v) is 6.57. The summed E-state index contributed by atoms with van der Waals surface area (Å²) in [6.45, 7) is 1.75. The van der Waals surface area contributed by atoms with Crippen LogP contribution >= 0.6 is 0 Å². The van der Waals surface area contributed by atoms with Crippen molar-refractivity contribution >= 4 is 11.9 Å². The first-order chi connectivity index (χ1) is 9.63. The average Bonchev–Trinajstić information content (AvgIpc) is 2.49. The highest BCUT2D eigenvalue weighted by molar-refractivity contribution is 5.80. The lowest BCUT2D eigenvalue weighted by Gasteiger charge is -2.28. The van der Waals surface area contributed by atoms with E-state index in [1.807, 2.05) is 30.3 Å². The first-order valence-electron chi connectivity index (χ1n) is 6.57. The van der Waals surface area contributed by atoms with Gasteiger partial charge in [0, 0.05) is 7.11 Å². The van der Waals surface area contributed by atoms with Gasteiger partial charge in [0.05, 0.1) is 6.42 Å². The molecule has 0 radical (unpaired) electrons. The van der Waals surface area contributed by atoms with E-state index in [-0.39, 0.29) is 19.0 Å². The Morgan fingerprint density at radius 3 is 2.55 bits per heavy atom. The van der Waals surface area contributed by atoms with Crippen LogP contribution in [0.2, 0.25) is 0 Å². The molecular weight excluding hydrogens is 260 g/mol. The molecule has 1 aromatic rings. The Morgan fingerprint density at radius 2 is 1.90 bits per heavy atom. The van der Waals surface area contributed by atoms with Crippen LogP contribution in [-0.4, -0.2) is 37.9 Å². The van der Waals surface area contributed by atoms with Crippen LogP contribution in [0.25, 0.3) is 0 Å². The van der Waals surface area contributed by atoms with E-state index >= 15 is 0 Å². The minimum atomic E-state index is -0.609. The SMILES string of the molecule is CO[C@H]1[C@H](C)OC(=O)CCOC(=O)[C@@H]1c1ccccc1. The summed E-state index contributed by atoms with van der Waals surface area (Å²) in [4.78, 5) is 23.8.